The van der Waals surface area contributed by atoms with Crippen LogP contribution in [0.15, 0.2) is 59.7 Å². The molecule has 0 bridgehead atoms. The lowest BCUT2D eigenvalue weighted by Crippen LogP contribution is -2.20. The molecule has 0 unspecified atom stereocenters. The molecule has 0 saturated heterocycles. The number of nitrogens with one attached hydrogen (secondary N) is 2. The number of amides is 2. The van der Waals surface area contributed by atoms with Crippen molar-refractivity contribution in [1.29, 1.82) is 0 Å². The highest BCUT2D eigenvalue weighted by Gasteiger charge is 2.15. The quantitative estimate of drug-likeness (QED) is 0.133. The van der Waals surface area contributed by atoms with Gasteiger partial charge in [-0.1, -0.05) is 11.6 Å². The zero-order valence-corrected chi connectivity index (χ0v) is 24.7. The molecule has 0 atom stereocenters. The summed E-state index contributed by atoms with van der Waals surface area (Å²) in [6.45, 7) is 6.68. The highest BCUT2D eigenvalue weighted by atomic mass is 127. The Hall–Kier alpha value is -3.51. The largest absolute Gasteiger partial charge is 0.490 e. The van der Waals surface area contributed by atoms with Gasteiger partial charge in [0.15, 0.2) is 29.6 Å². The van der Waals surface area contributed by atoms with Crippen LogP contribution in [0.4, 0.5) is 5.69 Å². The van der Waals surface area contributed by atoms with Crippen molar-refractivity contribution in [2.24, 2.45) is 5.10 Å². The highest BCUT2D eigenvalue weighted by Crippen LogP contribution is 2.34. The summed E-state index contributed by atoms with van der Waals surface area (Å²) in [5.74, 6) is 1.21. The molecule has 0 radical (unpaired) electrons. The van der Waals surface area contributed by atoms with E-state index in [-0.39, 0.29) is 12.5 Å². The van der Waals surface area contributed by atoms with Gasteiger partial charge in [-0.15, -0.1) is 0 Å². The monoisotopic (exact) mass is 665 g/mol. The molecule has 2 amide bonds. The smallest absolute Gasteiger partial charge is 0.271 e. The van der Waals surface area contributed by atoms with Crippen LogP contribution in [-0.4, -0.2) is 44.5 Å². The maximum absolute atomic E-state index is 12.6. The Morgan fingerprint density at radius 1 is 0.872 bits per heavy atom. The molecule has 0 aromatic heterocycles. The average molecular weight is 666 g/mol. The molecule has 0 heterocycles. The van der Waals surface area contributed by atoms with Crippen LogP contribution in [0, 0.1) is 3.57 Å². The van der Waals surface area contributed by atoms with Crippen molar-refractivity contribution in [3.05, 3.63) is 74.3 Å². The lowest BCUT2D eigenvalue weighted by atomic mass is 10.2. The Labute approximate surface area is 246 Å². The third kappa shape index (κ3) is 9.03. The van der Waals surface area contributed by atoms with Gasteiger partial charge in [0.05, 0.1) is 29.6 Å². The molecule has 0 aliphatic rings. The number of carbonyl (C=O) groups is 2. The van der Waals surface area contributed by atoms with Gasteiger partial charge in [0.1, 0.15) is 0 Å². The topological polar surface area (TPSA) is 107 Å². The fourth-order valence-electron chi connectivity index (χ4n) is 3.36. The Morgan fingerprint density at radius 2 is 1.54 bits per heavy atom. The lowest BCUT2D eigenvalue weighted by Gasteiger charge is -2.14. The number of hydrazone groups is 1. The molecule has 0 aliphatic heterocycles. The molecule has 3 aromatic carbocycles. The third-order valence-electron chi connectivity index (χ3n) is 4.99. The zero-order chi connectivity index (χ0) is 28.2. The SMILES string of the molecule is CCOc1ccc(C(=O)N/N=C/c2cc(I)c(OCC(=O)Nc3ccc(Cl)cc3)c(OCC)c2)cc1OCC. The number of hydrogen-bond acceptors (Lipinski definition) is 7. The van der Waals surface area contributed by atoms with E-state index in [1.54, 1.807) is 54.6 Å². The molecular formula is C28H29ClIN3O6. The lowest BCUT2D eigenvalue weighted by molar-refractivity contribution is -0.118. The van der Waals surface area contributed by atoms with Crippen LogP contribution in [0.2, 0.25) is 5.02 Å². The van der Waals surface area contributed by atoms with E-state index in [4.69, 9.17) is 30.5 Å². The van der Waals surface area contributed by atoms with Gasteiger partial charge in [0.25, 0.3) is 11.8 Å². The summed E-state index contributed by atoms with van der Waals surface area (Å²) in [6, 6.07) is 15.3. The first-order valence-electron chi connectivity index (χ1n) is 12.2. The number of hydrogen-bond donors (Lipinski definition) is 2. The van der Waals surface area contributed by atoms with Crippen LogP contribution in [0.3, 0.4) is 0 Å². The first-order chi connectivity index (χ1) is 18.8. The van der Waals surface area contributed by atoms with E-state index in [1.807, 2.05) is 20.8 Å². The van der Waals surface area contributed by atoms with Crippen LogP contribution in [-0.2, 0) is 4.79 Å². The molecule has 0 fully saturated rings. The third-order valence-corrected chi connectivity index (χ3v) is 6.05. The first kappa shape index (κ1) is 30.0. The average Bonchev–Trinajstić information content (AvgIpc) is 2.91. The summed E-state index contributed by atoms with van der Waals surface area (Å²) in [7, 11) is 0. The minimum atomic E-state index is -0.401. The number of nitrogens with zero attached hydrogens (tertiary/aromatic N) is 1. The molecule has 39 heavy (non-hydrogen) atoms. The number of anilines is 1. The summed E-state index contributed by atoms with van der Waals surface area (Å²) in [5.41, 5.74) is 4.18. The summed E-state index contributed by atoms with van der Waals surface area (Å²) < 4.78 is 23.4. The predicted molar refractivity (Wildman–Crippen MR) is 160 cm³/mol. The summed E-state index contributed by atoms with van der Waals surface area (Å²) >= 11 is 7.98. The van der Waals surface area contributed by atoms with Gasteiger partial charge < -0.3 is 24.3 Å². The van der Waals surface area contributed by atoms with E-state index in [1.165, 1.54) is 6.21 Å². The van der Waals surface area contributed by atoms with E-state index >= 15 is 0 Å². The second-order valence-corrected chi connectivity index (χ2v) is 9.43. The first-order valence-corrected chi connectivity index (χ1v) is 13.7. The van der Waals surface area contributed by atoms with Gasteiger partial charge in [-0.2, -0.15) is 5.10 Å². The Morgan fingerprint density at radius 3 is 2.23 bits per heavy atom. The van der Waals surface area contributed by atoms with Crippen LogP contribution in [0.25, 0.3) is 0 Å². The van der Waals surface area contributed by atoms with Crippen LogP contribution < -0.4 is 29.7 Å². The van der Waals surface area contributed by atoms with Crippen molar-refractivity contribution in [3.63, 3.8) is 0 Å². The summed E-state index contributed by atoms with van der Waals surface area (Å²) in [4.78, 5) is 25.0. The van der Waals surface area contributed by atoms with E-state index in [9.17, 15) is 9.59 Å². The summed E-state index contributed by atoms with van der Waals surface area (Å²) in [6.07, 6.45) is 1.50. The molecule has 206 valence electrons. The number of halogens is 2. The van der Waals surface area contributed by atoms with Gasteiger partial charge >= 0.3 is 0 Å². The van der Waals surface area contributed by atoms with Crippen molar-refractivity contribution >= 4 is 57.9 Å². The second kappa shape index (κ2) is 15.2. The molecule has 3 rings (SSSR count). The molecule has 0 saturated carbocycles. The van der Waals surface area contributed by atoms with Gasteiger partial charge in [0, 0.05) is 16.3 Å². The van der Waals surface area contributed by atoms with E-state index < -0.39 is 5.91 Å². The normalized spacial score (nSPS) is 10.7. The standard InChI is InChI=1S/C28H29ClIN3O6/c1-4-36-23-12-7-19(15-24(23)37-5-2)28(35)33-31-16-18-13-22(30)27(25(14-18)38-6-3)39-17-26(34)32-21-10-8-20(29)9-11-21/h7-16H,4-6,17H2,1-3H3,(H,32,34)(H,33,35)/b31-16+. The second-order valence-electron chi connectivity index (χ2n) is 7.83. The molecule has 2 N–H and O–H groups in total. The van der Waals surface area contributed by atoms with Gasteiger partial charge in [-0.3, -0.25) is 9.59 Å². The van der Waals surface area contributed by atoms with Crippen molar-refractivity contribution in [2.75, 3.05) is 31.7 Å². The Balaban J connectivity index is 1.66. The maximum Gasteiger partial charge on any atom is 0.271 e. The predicted octanol–water partition coefficient (Wildman–Crippen LogP) is 5.92. The minimum Gasteiger partial charge on any atom is -0.490 e. The maximum atomic E-state index is 12.6. The van der Waals surface area contributed by atoms with Crippen molar-refractivity contribution in [2.45, 2.75) is 20.8 Å². The molecule has 3 aromatic rings. The van der Waals surface area contributed by atoms with Gasteiger partial charge in [-0.25, -0.2) is 5.43 Å². The van der Waals surface area contributed by atoms with E-state index in [0.717, 1.165) is 0 Å². The van der Waals surface area contributed by atoms with Crippen molar-refractivity contribution < 1.29 is 28.5 Å². The molecule has 0 aliphatic carbocycles. The molecule has 11 heteroatoms. The number of ether oxygens (including phenoxy) is 4. The van der Waals surface area contributed by atoms with Gasteiger partial charge in [-0.05, 0) is 104 Å². The highest BCUT2D eigenvalue weighted by molar-refractivity contribution is 14.1. The Bertz CT molecular complexity index is 1320. The molecular weight excluding hydrogens is 637 g/mol. The Kier molecular flexibility index (Phi) is 11.7. The number of benzene rings is 3. The molecule has 0 spiro atoms. The number of carbonyl (C=O) groups excluding carboxylic acids is 2. The van der Waals surface area contributed by atoms with Crippen molar-refractivity contribution in [1.82, 2.24) is 5.43 Å². The fraction of sp³-hybridized carbons (Fsp3) is 0.250. The molecule has 9 nitrogen and oxygen atoms in total. The van der Waals surface area contributed by atoms with Crippen LogP contribution >= 0.6 is 34.2 Å². The van der Waals surface area contributed by atoms with Crippen molar-refractivity contribution in [3.8, 4) is 23.0 Å². The zero-order valence-electron chi connectivity index (χ0n) is 21.8. The van der Waals surface area contributed by atoms with Crippen LogP contribution in [0.5, 0.6) is 23.0 Å². The van der Waals surface area contributed by atoms with E-state index in [2.05, 4.69) is 38.4 Å². The van der Waals surface area contributed by atoms with Gasteiger partial charge in [0.2, 0.25) is 0 Å². The van der Waals surface area contributed by atoms with Crippen LogP contribution in [0.1, 0.15) is 36.7 Å². The summed E-state index contributed by atoms with van der Waals surface area (Å²) in [5, 5.41) is 7.41. The van der Waals surface area contributed by atoms with E-state index in [0.29, 0.717) is 68.2 Å². The minimum absolute atomic E-state index is 0.214. The fourth-order valence-corrected chi connectivity index (χ4v) is 4.26. The number of rotatable bonds is 13.